The van der Waals surface area contributed by atoms with Crippen molar-refractivity contribution in [3.05, 3.63) is 71.9 Å². The first kappa shape index (κ1) is 25.7. The van der Waals surface area contributed by atoms with Crippen LogP contribution in [0.2, 0.25) is 0 Å². The Bertz CT molecular complexity index is 1300. The number of benzene rings is 2. The summed E-state index contributed by atoms with van der Waals surface area (Å²) >= 11 is 0. The van der Waals surface area contributed by atoms with Crippen molar-refractivity contribution >= 4 is 21.8 Å². The molecule has 3 rings (SSSR count). The minimum Gasteiger partial charge on any atom is -0.465 e. The van der Waals surface area contributed by atoms with Gasteiger partial charge in [0, 0.05) is 11.6 Å². The van der Waals surface area contributed by atoms with Gasteiger partial charge in [0.1, 0.15) is 34.8 Å². The molecule has 1 heterocycles. The maximum absolute atomic E-state index is 13.2. The molecule has 0 aliphatic carbocycles. The van der Waals surface area contributed by atoms with Gasteiger partial charge in [0.05, 0.1) is 20.0 Å². The van der Waals surface area contributed by atoms with Gasteiger partial charge in [0.2, 0.25) is 0 Å². The van der Waals surface area contributed by atoms with Gasteiger partial charge < -0.3 is 18.2 Å². The van der Waals surface area contributed by atoms with E-state index in [-0.39, 0.29) is 34.3 Å². The van der Waals surface area contributed by atoms with Crippen molar-refractivity contribution in [2.45, 2.75) is 13.3 Å². The molecule has 0 spiro atoms. The second-order valence-electron chi connectivity index (χ2n) is 7.12. The van der Waals surface area contributed by atoms with Crippen LogP contribution in [0.5, 0.6) is 11.5 Å². The molecule has 0 atom stereocenters. The fourth-order valence-electron chi connectivity index (χ4n) is 2.74. The highest BCUT2D eigenvalue weighted by Gasteiger charge is 2.18. The van der Waals surface area contributed by atoms with E-state index < -0.39 is 16.1 Å². The van der Waals surface area contributed by atoms with Crippen molar-refractivity contribution in [1.29, 1.82) is 0 Å². The lowest BCUT2D eigenvalue weighted by atomic mass is 10.1. The Morgan fingerprint density at radius 3 is 2.57 bits per heavy atom. The average molecular weight is 507 g/mol. The molecule has 1 N–H and O–H groups in total. The molecule has 0 saturated heterocycles. The minimum atomic E-state index is -3.88. The van der Waals surface area contributed by atoms with E-state index in [9.17, 15) is 17.6 Å². The normalized spacial score (nSPS) is 11.7. The molecule has 2 aromatic carbocycles. The van der Waals surface area contributed by atoms with E-state index in [0.29, 0.717) is 17.9 Å². The minimum absolute atomic E-state index is 0.154. The van der Waals surface area contributed by atoms with Crippen LogP contribution < -0.4 is 14.4 Å². The molecule has 0 bridgehead atoms. The van der Waals surface area contributed by atoms with Crippen LogP contribution in [0.1, 0.15) is 29.5 Å². The van der Waals surface area contributed by atoms with E-state index in [1.807, 2.05) is 6.92 Å². The molecule has 35 heavy (non-hydrogen) atoms. The zero-order valence-corrected chi connectivity index (χ0v) is 19.9. The first-order valence-electron chi connectivity index (χ1n) is 10.3. The Labute approximate surface area is 201 Å². The number of esters is 1. The summed E-state index contributed by atoms with van der Waals surface area (Å²) in [4.78, 5) is 17.5. The quantitative estimate of drug-likeness (QED) is 0.134. The van der Waals surface area contributed by atoms with Crippen LogP contribution in [0.15, 0.2) is 59.3 Å². The monoisotopic (exact) mass is 506 g/mol. The summed E-state index contributed by atoms with van der Waals surface area (Å²) in [5.41, 5.74) is 3.92. The van der Waals surface area contributed by atoms with Crippen molar-refractivity contribution in [2.24, 2.45) is 0 Å². The van der Waals surface area contributed by atoms with E-state index in [2.05, 4.69) is 10.6 Å². The third-order valence-corrected chi connectivity index (χ3v) is 4.80. The molecule has 0 aliphatic rings. The molecule has 186 valence electrons. The number of halogens is 1. The first-order valence-corrected chi connectivity index (χ1v) is 12.1. The molecule has 0 aliphatic heterocycles. The molecule has 0 saturated carbocycles. The standard InChI is InChI=1S/C23H23FN2O8S/c1-4-11-32-25-20(22-13-19(26-33-22)15-5-7-16(24)8-6-15)14-31-17-9-10-21(34-35(3,28)29)18(12-17)23(27)30-2/h5-10,12-14,25H,4,11H2,1-3H3. The molecule has 12 heteroatoms. The Balaban J connectivity index is 1.89. The van der Waals surface area contributed by atoms with Crippen LogP contribution in [0, 0.1) is 5.82 Å². The third-order valence-electron chi connectivity index (χ3n) is 4.31. The van der Waals surface area contributed by atoms with Crippen molar-refractivity contribution in [3.8, 4) is 22.8 Å². The highest BCUT2D eigenvalue weighted by molar-refractivity contribution is 7.86. The van der Waals surface area contributed by atoms with Gasteiger partial charge in [-0.3, -0.25) is 10.3 Å². The van der Waals surface area contributed by atoms with Crippen molar-refractivity contribution in [2.75, 3.05) is 20.0 Å². The molecule has 0 radical (unpaired) electrons. The predicted molar refractivity (Wildman–Crippen MR) is 123 cm³/mol. The number of hydrogen-bond donors (Lipinski definition) is 1. The largest absolute Gasteiger partial charge is 0.465 e. The molecule has 1 aromatic heterocycles. The number of ether oxygens (including phenoxy) is 2. The Morgan fingerprint density at radius 2 is 1.91 bits per heavy atom. The number of hydrogen-bond acceptors (Lipinski definition) is 10. The zero-order chi connectivity index (χ0) is 25.4. The van der Waals surface area contributed by atoms with Crippen molar-refractivity contribution in [3.63, 3.8) is 0 Å². The summed E-state index contributed by atoms with van der Waals surface area (Å²) in [6, 6.07) is 11.3. The average Bonchev–Trinajstić information content (AvgIpc) is 3.31. The highest BCUT2D eigenvalue weighted by Crippen LogP contribution is 2.27. The summed E-state index contributed by atoms with van der Waals surface area (Å²) in [6.45, 7) is 2.32. The van der Waals surface area contributed by atoms with E-state index in [1.165, 1.54) is 36.6 Å². The Hall–Kier alpha value is -3.90. The maximum atomic E-state index is 13.2. The first-order chi connectivity index (χ1) is 16.7. The number of carbonyl (C=O) groups excluding carboxylic acids is 1. The van der Waals surface area contributed by atoms with E-state index in [0.717, 1.165) is 19.8 Å². The van der Waals surface area contributed by atoms with E-state index >= 15 is 0 Å². The van der Waals surface area contributed by atoms with Crippen LogP contribution in [0.3, 0.4) is 0 Å². The number of methoxy groups -OCH3 is 1. The number of carbonyl (C=O) groups is 1. The van der Waals surface area contributed by atoms with Gasteiger partial charge in [0.25, 0.3) is 0 Å². The molecule has 0 unspecified atom stereocenters. The molecule has 10 nitrogen and oxygen atoms in total. The predicted octanol–water partition coefficient (Wildman–Crippen LogP) is 3.91. The maximum Gasteiger partial charge on any atom is 0.341 e. The molecule has 3 aromatic rings. The van der Waals surface area contributed by atoms with Gasteiger partial charge >= 0.3 is 16.1 Å². The highest BCUT2D eigenvalue weighted by atomic mass is 32.2. The van der Waals surface area contributed by atoms with Gasteiger partial charge in [0.15, 0.2) is 11.5 Å². The SMILES string of the molecule is CCCONC(=COc1ccc(OS(C)(=O)=O)c(C(=O)OC)c1)c1cc(-c2ccc(F)cc2)no1. The number of rotatable bonds is 11. The van der Waals surface area contributed by atoms with Crippen molar-refractivity contribution < 1.29 is 40.6 Å². The van der Waals surface area contributed by atoms with Crippen LogP contribution in [0.25, 0.3) is 17.0 Å². The van der Waals surface area contributed by atoms with Crippen LogP contribution in [-0.2, 0) is 19.7 Å². The number of aromatic nitrogens is 1. The summed E-state index contributed by atoms with van der Waals surface area (Å²) in [5.74, 6) is -0.980. The number of nitrogens with one attached hydrogen (secondary N) is 1. The van der Waals surface area contributed by atoms with Crippen LogP contribution in [-0.4, -0.2) is 39.5 Å². The summed E-state index contributed by atoms with van der Waals surface area (Å²) in [5, 5.41) is 3.99. The zero-order valence-electron chi connectivity index (χ0n) is 19.1. The second kappa shape index (κ2) is 11.5. The van der Waals surface area contributed by atoms with Gasteiger partial charge in [-0.05, 0) is 48.9 Å². The molecular weight excluding hydrogens is 483 g/mol. The van der Waals surface area contributed by atoms with Crippen LogP contribution >= 0.6 is 0 Å². The lowest BCUT2D eigenvalue weighted by molar-refractivity contribution is 0.0598. The van der Waals surface area contributed by atoms with Gasteiger partial charge in [-0.2, -0.15) is 8.42 Å². The van der Waals surface area contributed by atoms with Gasteiger partial charge in [-0.15, -0.1) is 0 Å². The molecular formula is C23H23FN2O8S. The summed E-state index contributed by atoms with van der Waals surface area (Å²) in [7, 11) is -2.73. The second-order valence-corrected chi connectivity index (χ2v) is 8.70. The fourth-order valence-corrected chi connectivity index (χ4v) is 3.21. The molecule has 0 amide bonds. The molecule has 0 fully saturated rings. The third kappa shape index (κ3) is 7.29. The van der Waals surface area contributed by atoms with E-state index in [4.69, 9.17) is 23.0 Å². The van der Waals surface area contributed by atoms with Gasteiger partial charge in [-0.1, -0.05) is 12.1 Å². The Kier molecular flexibility index (Phi) is 8.44. The van der Waals surface area contributed by atoms with Crippen LogP contribution in [0.4, 0.5) is 4.39 Å². The fraction of sp³-hybridized carbons (Fsp3) is 0.217. The number of hydroxylamine groups is 1. The van der Waals surface area contributed by atoms with Crippen molar-refractivity contribution in [1.82, 2.24) is 10.6 Å². The lowest BCUT2D eigenvalue weighted by Gasteiger charge is -2.11. The van der Waals surface area contributed by atoms with Gasteiger partial charge in [-0.25, -0.2) is 9.18 Å². The van der Waals surface area contributed by atoms with E-state index in [1.54, 1.807) is 18.2 Å². The Morgan fingerprint density at radius 1 is 1.17 bits per heavy atom. The summed E-state index contributed by atoms with van der Waals surface area (Å²) < 4.78 is 56.8. The summed E-state index contributed by atoms with van der Waals surface area (Å²) in [6.07, 6.45) is 2.85. The lowest BCUT2D eigenvalue weighted by Crippen LogP contribution is -2.14. The topological polar surface area (TPSA) is 126 Å². The smallest absolute Gasteiger partial charge is 0.341 e. The number of nitrogens with zero attached hydrogens (tertiary/aromatic N) is 1.